The summed E-state index contributed by atoms with van der Waals surface area (Å²) in [5.74, 6) is 1.00. The van der Waals surface area contributed by atoms with Crippen LogP contribution in [-0.4, -0.2) is 25.2 Å². The van der Waals surface area contributed by atoms with Crippen LogP contribution in [0, 0.1) is 11.8 Å². The molecule has 0 saturated heterocycles. The third-order valence-corrected chi connectivity index (χ3v) is 10.7. The molecule has 0 N–H and O–H groups in total. The first kappa shape index (κ1) is 48.2. The van der Waals surface area contributed by atoms with Gasteiger partial charge in [-0.3, -0.25) is 0 Å². The summed E-state index contributed by atoms with van der Waals surface area (Å²) in [7, 11) is 0. The van der Waals surface area contributed by atoms with Crippen molar-refractivity contribution < 1.29 is 19.1 Å². The molecular formula is C48H86O4. The van der Waals surface area contributed by atoms with E-state index in [2.05, 4.69) is 27.7 Å². The Labute approximate surface area is 323 Å². The minimum absolute atomic E-state index is 0.358. The Bertz CT molecular complexity index is 867. The molecule has 0 bridgehead atoms. The molecule has 1 aromatic carbocycles. The summed E-state index contributed by atoms with van der Waals surface area (Å²) in [6.45, 7) is 10.2. The minimum Gasteiger partial charge on any atom is -0.462 e. The smallest absolute Gasteiger partial charge is 0.338 e. The lowest BCUT2D eigenvalue weighted by Gasteiger charge is -2.08. The van der Waals surface area contributed by atoms with Crippen LogP contribution in [0.4, 0.5) is 0 Å². The van der Waals surface area contributed by atoms with Gasteiger partial charge in [-0.15, -0.1) is 0 Å². The standard InChI is InChI=1S/C48H86O4/c1-43(2)36-31-27-23-19-15-11-7-5-9-13-17-21-25-29-33-40-51-47(49)45-38-35-39-46(42-45)48(50)52-41-34-30-26-22-18-14-10-6-8-12-16-20-24-28-32-37-44(3)4/h35,38-39,42-44H,5-34,36-37,40-41H2,1-4H3. The molecule has 52 heavy (non-hydrogen) atoms. The monoisotopic (exact) mass is 727 g/mol. The van der Waals surface area contributed by atoms with Crippen molar-refractivity contribution in [2.75, 3.05) is 13.2 Å². The highest BCUT2D eigenvalue weighted by Gasteiger charge is 2.12. The molecule has 0 unspecified atom stereocenters. The van der Waals surface area contributed by atoms with Crippen LogP contribution in [0.5, 0.6) is 0 Å². The molecule has 1 aromatic rings. The molecule has 0 heterocycles. The van der Waals surface area contributed by atoms with Crippen LogP contribution >= 0.6 is 0 Å². The second kappa shape index (κ2) is 36.2. The van der Waals surface area contributed by atoms with Crippen molar-refractivity contribution in [3.8, 4) is 0 Å². The van der Waals surface area contributed by atoms with Crippen molar-refractivity contribution in [1.82, 2.24) is 0 Å². The highest BCUT2D eigenvalue weighted by atomic mass is 16.5. The Hall–Kier alpha value is -1.84. The van der Waals surface area contributed by atoms with Gasteiger partial charge in [0, 0.05) is 0 Å². The van der Waals surface area contributed by atoms with E-state index in [1.165, 1.54) is 180 Å². The van der Waals surface area contributed by atoms with Crippen LogP contribution in [0.15, 0.2) is 24.3 Å². The summed E-state index contributed by atoms with van der Waals surface area (Å²) < 4.78 is 11.0. The fraction of sp³-hybridized carbons (Fsp3) is 0.833. The van der Waals surface area contributed by atoms with Gasteiger partial charge in [-0.2, -0.15) is 0 Å². The molecule has 0 aromatic heterocycles. The molecule has 0 aliphatic carbocycles. The lowest BCUT2D eigenvalue weighted by molar-refractivity contribution is 0.0496. The molecular weight excluding hydrogens is 641 g/mol. The van der Waals surface area contributed by atoms with E-state index in [9.17, 15) is 9.59 Å². The van der Waals surface area contributed by atoms with Crippen molar-refractivity contribution in [3.05, 3.63) is 35.4 Å². The molecule has 0 amide bonds. The van der Waals surface area contributed by atoms with Gasteiger partial charge in [0.05, 0.1) is 24.3 Å². The second-order valence-corrected chi connectivity index (χ2v) is 16.8. The molecule has 4 nitrogen and oxygen atoms in total. The molecule has 0 aliphatic heterocycles. The zero-order valence-corrected chi connectivity index (χ0v) is 35.1. The van der Waals surface area contributed by atoms with Crippen LogP contribution in [-0.2, 0) is 9.47 Å². The van der Waals surface area contributed by atoms with Gasteiger partial charge >= 0.3 is 11.9 Å². The van der Waals surface area contributed by atoms with E-state index in [0.717, 1.165) is 37.5 Å². The van der Waals surface area contributed by atoms with Crippen molar-refractivity contribution in [2.24, 2.45) is 11.8 Å². The molecule has 4 heteroatoms. The first-order chi connectivity index (χ1) is 25.4. The van der Waals surface area contributed by atoms with Gasteiger partial charge in [0.25, 0.3) is 0 Å². The predicted molar refractivity (Wildman–Crippen MR) is 224 cm³/mol. The number of benzene rings is 1. The number of hydrogen-bond acceptors (Lipinski definition) is 4. The Balaban J connectivity index is 1.92. The van der Waals surface area contributed by atoms with Gasteiger partial charge in [0.15, 0.2) is 0 Å². The maximum absolute atomic E-state index is 12.6. The van der Waals surface area contributed by atoms with Gasteiger partial charge in [0.1, 0.15) is 0 Å². The summed E-state index contributed by atoms with van der Waals surface area (Å²) in [5.41, 5.74) is 0.840. The van der Waals surface area contributed by atoms with Gasteiger partial charge in [-0.25, -0.2) is 9.59 Å². The van der Waals surface area contributed by atoms with Crippen LogP contribution in [0.3, 0.4) is 0 Å². The first-order valence-corrected chi connectivity index (χ1v) is 22.8. The number of hydrogen-bond donors (Lipinski definition) is 0. The number of ether oxygens (including phenoxy) is 2. The Morgan fingerprint density at radius 2 is 0.615 bits per heavy atom. The Kier molecular flexibility index (Phi) is 33.5. The fourth-order valence-electron chi connectivity index (χ4n) is 7.18. The SMILES string of the molecule is CC(C)CCCCCCCCCCCCCCCCCOC(=O)c1cccc(C(=O)OCCCCCCCCCCCCCCCCCC(C)C)c1. The van der Waals surface area contributed by atoms with Crippen LogP contribution < -0.4 is 0 Å². The van der Waals surface area contributed by atoms with E-state index in [0.29, 0.717) is 24.3 Å². The average molecular weight is 727 g/mol. The normalized spacial score (nSPS) is 11.5. The van der Waals surface area contributed by atoms with Crippen molar-refractivity contribution in [1.29, 1.82) is 0 Å². The zero-order chi connectivity index (χ0) is 37.7. The quantitative estimate of drug-likeness (QED) is 0.0503. The third kappa shape index (κ3) is 31.7. The Morgan fingerprint density at radius 3 is 0.865 bits per heavy atom. The largest absolute Gasteiger partial charge is 0.462 e. The van der Waals surface area contributed by atoms with Gasteiger partial charge < -0.3 is 9.47 Å². The minimum atomic E-state index is -0.358. The van der Waals surface area contributed by atoms with Crippen molar-refractivity contribution in [3.63, 3.8) is 0 Å². The van der Waals surface area contributed by atoms with Crippen LogP contribution in [0.2, 0.25) is 0 Å². The molecule has 0 aliphatic rings. The van der Waals surface area contributed by atoms with Crippen molar-refractivity contribution in [2.45, 2.75) is 233 Å². The third-order valence-electron chi connectivity index (χ3n) is 10.7. The van der Waals surface area contributed by atoms with E-state index in [-0.39, 0.29) is 11.9 Å². The first-order valence-electron chi connectivity index (χ1n) is 22.8. The lowest BCUT2D eigenvalue weighted by Crippen LogP contribution is -2.10. The average Bonchev–Trinajstić information content (AvgIpc) is 3.13. The molecule has 0 radical (unpaired) electrons. The zero-order valence-electron chi connectivity index (χ0n) is 35.1. The lowest BCUT2D eigenvalue weighted by atomic mass is 10.0. The summed E-state index contributed by atoms with van der Waals surface area (Å²) in [5, 5.41) is 0. The summed E-state index contributed by atoms with van der Waals surface area (Å²) in [6, 6.07) is 6.77. The second-order valence-electron chi connectivity index (χ2n) is 16.8. The van der Waals surface area contributed by atoms with Crippen molar-refractivity contribution >= 4 is 11.9 Å². The summed E-state index contributed by atoms with van der Waals surface area (Å²) >= 11 is 0. The number of rotatable bonds is 38. The van der Waals surface area contributed by atoms with E-state index in [4.69, 9.17) is 9.47 Å². The molecule has 0 fully saturated rings. The van der Waals surface area contributed by atoms with E-state index >= 15 is 0 Å². The number of carbonyl (C=O) groups excluding carboxylic acids is 2. The highest BCUT2D eigenvalue weighted by Crippen LogP contribution is 2.17. The molecule has 1 rings (SSSR count). The van der Waals surface area contributed by atoms with Gasteiger partial charge in [-0.05, 0) is 42.9 Å². The molecule has 0 spiro atoms. The molecule has 302 valence electrons. The maximum Gasteiger partial charge on any atom is 0.338 e. The van der Waals surface area contributed by atoms with E-state index in [1.807, 2.05) is 0 Å². The molecule has 0 saturated carbocycles. The number of esters is 2. The Morgan fingerprint density at radius 1 is 0.385 bits per heavy atom. The van der Waals surface area contributed by atoms with Crippen LogP contribution in [0.1, 0.15) is 254 Å². The highest BCUT2D eigenvalue weighted by molar-refractivity contribution is 5.95. The number of carbonyl (C=O) groups is 2. The summed E-state index contributed by atoms with van der Waals surface area (Å²) in [6.07, 6.45) is 42.4. The molecule has 0 atom stereocenters. The number of unbranched alkanes of at least 4 members (excludes halogenated alkanes) is 28. The maximum atomic E-state index is 12.6. The topological polar surface area (TPSA) is 52.6 Å². The van der Waals surface area contributed by atoms with Crippen LogP contribution in [0.25, 0.3) is 0 Å². The van der Waals surface area contributed by atoms with Gasteiger partial charge in [-0.1, -0.05) is 226 Å². The predicted octanol–water partition coefficient (Wildman–Crippen LogP) is 15.8. The van der Waals surface area contributed by atoms with E-state index in [1.54, 1.807) is 24.3 Å². The van der Waals surface area contributed by atoms with E-state index < -0.39 is 0 Å². The fourth-order valence-corrected chi connectivity index (χ4v) is 7.18. The summed E-state index contributed by atoms with van der Waals surface area (Å²) in [4.78, 5) is 25.1. The van der Waals surface area contributed by atoms with Gasteiger partial charge in [0.2, 0.25) is 0 Å².